The Hall–Kier alpha value is -2.13. The van der Waals surface area contributed by atoms with Crippen molar-refractivity contribution in [3.8, 4) is 0 Å². The van der Waals surface area contributed by atoms with Crippen molar-refractivity contribution in [2.45, 2.75) is 18.9 Å². The second kappa shape index (κ2) is 5.24. The summed E-state index contributed by atoms with van der Waals surface area (Å²) in [6, 6.07) is 17.3. The number of anilines is 1. The Balaban J connectivity index is 1.69. The molecule has 0 saturated heterocycles. The maximum absolute atomic E-state index is 12.3. The van der Waals surface area contributed by atoms with Gasteiger partial charge in [-0.2, -0.15) is 0 Å². The standard InChI is InChI=1S/C16H15NO2/c18-16-14-9-5-4-6-12(14)10-11-15(16)19-17-13-7-2-1-3-8-13/h1-9,15,17H,10-11H2/t15-/m0/s1. The highest BCUT2D eigenvalue weighted by atomic mass is 16.7. The molecule has 1 atom stereocenters. The zero-order valence-electron chi connectivity index (χ0n) is 10.5. The second-order valence-corrected chi connectivity index (χ2v) is 4.63. The molecule has 0 heterocycles. The van der Waals surface area contributed by atoms with E-state index in [0.717, 1.165) is 29.7 Å². The molecule has 96 valence electrons. The fourth-order valence-corrected chi connectivity index (χ4v) is 2.33. The molecule has 3 nitrogen and oxygen atoms in total. The van der Waals surface area contributed by atoms with E-state index in [0.29, 0.717) is 0 Å². The minimum absolute atomic E-state index is 0.0604. The van der Waals surface area contributed by atoms with E-state index < -0.39 is 6.10 Å². The zero-order chi connectivity index (χ0) is 13.1. The van der Waals surface area contributed by atoms with Crippen molar-refractivity contribution in [1.82, 2.24) is 0 Å². The number of carbonyl (C=O) groups excluding carboxylic acids is 1. The molecule has 2 aromatic rings. The SMILES string of the molecule is O=C1c2ccccc2CC[C@@H]1ONc1ccccc1. The maximum Gasteiger partial charge on any atom is 0.194 e. The van der Waals surface area contributed by atoms with Crippen LogP contribution in [-0.4, -0.2) is 11.9 Å². The first-order valence-electron chi connectivity index (χ1n) is 6.43. The lowest BCUT2D eigenvalue weighted by Crippen LogP contribution is -2.31. The van der Waals surface area contributed by atoms with E-state index in [1.807, 2.05) is 54.6 Å². The van der Waals surface area contributed by atoms with E-state index in [9.17, 15) is 4.79 Å². The number of para-hydroxylation sites is 1. The fraction of sp³-hybridized carbons (Fsp3) is 0.188. The summed E-state index contributed by atoms with van der Waals surface area (Å²) in [6.07, 6.45) is 1.19. The molecule has 0 amide bonds. The van der Waals surface area contributed by atoms with Gasteiger partial charge in [0.15, 0.2) is 5.78 Å². The van der Waals surface area contributed by atoms with Crippen LogP contribution in [0.25, 0.3) is 0 Å². The van der Waals surface area contributed by atoms with Gasteiger partial charge in [0.25, 0.3) is 0 Å². The van der Waals surface area contributed by atoms with E-state index in [1.54, 1.807) is 0 Å². The summed E-state index contributed by atoms with van der Waals surface area (Å²) in [4.78, 5) is 17.8. The Morgan fingerprint density at radius 1 is 1.00 bits per heavy atom. The molecule has 0 radical (unpaired) electrons. The second-order valence-electron chi connectivity index (χ2n) is 4.63. The number of Topliss-reactive ketones (excluding diaryl/α,β-unsaturated/α-hetero) is 1. The Labute approximate surface area is 112 Å². The molecule has 0 aliphatic heterocycles. The van der Waals surface area contributed by atoms with Gasteiger partial charge < -0.3 is 0 Å². The first-order chi connectivity index (χ1) is 9.34. The van der Waals surface area contributed by atoms with Gasteiger partial charge in [-0.1, -0.05) is 42.5 Å². The van der Waals surface area contributed by atoms with E-state index in [2.05, 4.69) is 5.48 Å². The van der Waals surface area contributed by atoms with E-state index >= 15 is 0 Å². The Bertz CT molecular complexity index is 580. The largest absolute Gasteiger partial charge is 0.291 e. The highest BCUT2D eigenvalue weighted by Gasteiger charge is 2.28. The zero-order valence-corrected chi connectivity index (χ0v) is 10.5. The third-order valence-electron chi connectivity index (χ3n) is 3.34. The molecule has 1 aliphatic carbocycles. The number of nitrogens with one attached hydrogen (secondary N) is 1. The number of fused-ring (bicyclic) bond motifs is 1. The number of hydrogen-bond acceptors (Lipinski definition) is 3. The summed E-state index contributed by atoms with van der Waals surface area (Å²) in [5, 5.41) is 0. The Morgan fingerprint density at radius 3 is 2.58 bits per heavy atom. The van der Waals surface area contributed by atoms with Gasteiger partial charge in [0.1, 0.15) is 6.10 Å². The molecule has 19 heavy (non-hydrogen) atoms. The van der Waals surface area contributed by atoms with Crippen LogP contribution in [0, 0.1) is 0 Å². The average molecular weight is 253 g/mol. The van der Waals surface area contributed by atoms with Gasteiger partial charge in [-0.25, -0.2) is 0 Å². The quantitative estimate of drug-likeness (QED) is 0.853. The van der Waals surface area contributed by atoms with Crippen molar-refractivity contribution < 1.29 is 9.63 Å². The number of rotatable bonds is 3. The molecule has 0 fully saturated rings. The molecule has 0 aromatic heterocycles. The van der Waals surface area contributed by atoms with Crippen molar-refractivity contribution in [1.29, 1.82) is 0 Å². The van der Waals surface area contributed by atoms with Gasteiger partial charge in [-0.15, -0.1) is 0 Å². The summed E-state index contributed by atoms with van der Waals surface area (Å²) >= 11 is 0. The fourth-order valence-electron chi connectivity index (χ4n) is 2.33. The van der Waals surface area contributed by atoms with Crippen LogP contribution in [0.3, 0.4) is 0 Å². The monoisotopic (exact) mass is 253 g/mol. The molecular formula is C16H15NO2. The van der Waals surface area contributed by atoms with Crippen molar-refractivity contribution in [3.63, 3.8) is 0 Å². The molecule has 0 unspecified atom stereocenters. The normalized spacial score (nSPS) is 17.9. The van der Waals surface area contributed by atoms with Crippen molar-refractivity contribution in [3.05, 3.63) is 65.7 Å². The van der Waals surface area contributed by atoms with Gasteiger partial charge in [0.05, 0.1) is 5.69 Å². The summed E-state index contributed by atoms with van der Waals surface area (Å²) in [5.74, 6) is 0.0604. The molecule has 0 saturated carbocycles. The number of aryl methyl sites for hydroxylation is 1. The third-order valence-corrected chi connectivity index (χ3v) is 3.34. The average Bonchev–Trinajstić information content (AvgIpc) is 2.48. The number of ketones is 1. The number of benzene rings is 2. The van der Waals surface area contributed by atoms with Crippen LogP contribution in [0.5, 0.6) is 0 Å². The highest BCUT2D eigenvalue weighted by Crippen LogP contribution is 2.23. The molecular weight excluding hydrogens is 238 g/mol. The van der Waals surface area contributed by atoms with E-state index in [1.165, 1.54) is 0 Å². The van der Waals surface area contributed by atoms with Crippen LogP contribution in [0.2, 0.25) is 0 Å². The predicted molar refractivity (Wildman–Crippen MR) is 74.0 cm³/mol. The lowest BCUT2D eigenvalue weighted by Gasteiger charge is -2.23. The molecule has 0 bridgehead atoms. The molecule has 3 heteroatoms. The topological polar surface area (TPSA) is 38.3 Å². The molecule has 2 aromatic carbocycles. The minimum atomic E-state index is -0.407. The molecule has 1 N–H and O–H groups in total. The van der Waals surface area contributed by atoms with Crippen molar-refractivity contribution >= 4 is 11.5 Å². The lowest BCUT2D eigenvalue weighted by molar-refractivity contribution is 0.0550. The van der Waals surface area contributed by atoms with Gasteiger partial charge >= 0.3 is 0 Å². The van der Waals surface area contributed by atoms with Crippen LogP contribution in [-0.2, 0) is 11.3 Å². The lowest BCUT2D eigenvalue weighted by atomic mass is 9.89. The van der Waals surface area contributed by atoms with Crippen molar-refractivity contribution in [2.75, 3.05) is 5.48 Å². The van der Waals surface area contributed by atoms with Gasteiger partial charge in [0.2, 0.25) is 0 Å². The number of hydrogen-bond donors (Lipinski definition) is 1. The highest BCUT2D eigenvalue weighted by molar-refractivity contribution is 6.01. The smallest absolute Gasteiger partial charge is 0.194 e. The summed E-state index contributed by atoms with van der Waals surface area (Å²) in [7, 11) is 0. The maximum atomic E-state index is 12.3. The van der Waals surface area contributed by atoms with Gasteiger partial charge in [-0.3, -0.25) is 15.1 Å². The first kappa shape index (κ1) is 11.9. The van der Waals surface area contributed by atoms with E-state index in [4.69, 9.17) is 4.84 Å². The third kappa shape index (κ3) is 2.51. The van der Waals surface area contributed by atoms with E-state index in [-0.39, 0.29) is 5.78 Å². The van der Waals surface area contributed by atoms with Crippen LogP contribution in [0.4, 0.5) is 5.69 Å². The van der Waals surface area contributed by atoms with Crippen LogP contribution in [0.1, 0.15) is 22.3 Å². The summed E-state index contributed by atoms with van der Waals surface area (Å²) < 4.78 is 0. The van der Waals surface area contributed by atoms with Crippen LogP contribution in [0.15, 0.2) is 54.6 Å². The van der Waals surface area contributed by atoms with Gasteiger partial charge in [0, 0.05) is 5.56 Å². The molecule has 0 spiro atoms. The van der Waals surface area contributed by atoms with Crippen molar-refractivity contribution in [2.24, 2.45) is 0 Å². The van der Waals surface area contributed by atoms with Crippen LogP contribution >= 0.6 is 0 Å². The summed E-state index contributed by atoms with van der Waals surface area (Å²) in [5.41, 5.74) is 5.61. The minimum Gasteiger partial charge on any atom is -0.291 e. The molecule has 1 aliphatic rings. The Morgan fingerprint density at radius 2 is 1.74 bits per heavy atom. The first-order valence-corrected chi connectivity index (χ1v) is 6.43. The predicted octanol–water partition coefficient (Wildman–Crippen LogP) is 3.23. The van der Waals surface area contributed by atoms with Crippen LogP contribution < -0.4 is 5.48 Å². The summed E-state index contributed by atoms with van der Waals surface area (Å²) in [6.45, 7) is 0. The Kier molecular flexibility index (Phi) is 3.29. The van der Waals surface area contributed by atoms with Gasteiger partial charge in [-0.05, 0) is 30.5 Å². The number of carbonyl (C=O) groups is 1. The molecule has 3 rings (SSSR count).